The summed E-state index contributed by atoms with van der Waals surface area (Å²) >= 11 is 0. The Morgan fingerprint density at radius 3 is 1.41 bits per heavy atom. The fourth-order valence-corrected chi connectivity index (χ4v) is 3.74. The number of carboxylic acid groups (broad SMARTS) is 2. The Morgan fingerprint density at radius 1 is 0.656 bits per heavy atom. The average Bonchev–Trinajstić information content (AvgIpc) is 2.81. The Bertz CT molecular complexity index is 1030. The zero-order valence-corrected chi connectivity index (χ0v) is 18.1. The van der Waals surface area contributed by atoms with Gasteiger partial charge in [-0.25, -0.2) is 9.59 Å². The average molecular weight is 434 g/mol. The molecule has 0 aliphatic carbocycles. The van der Waals surface area contributed by atoms with Crippen LogP contribution in [0.5, 0.6) is 11.5 Å². The fourth-order valence-electron chi connectivity index (χ4n) is 3.74. The van der Waals surface area contributed by atoms with Crippen LogP contribution < -0.4 is 9.47 Å². The van der Waals surface area contributed by atoms with E-state index in [1.807, 2.05) is 24.3 Å². The van der Waals surface area contributed by atoms with Crippen LogP contribution in [0.15, 0.2) is 60.7 Å². The van der Waals surface area contributed by atoms with Gasteiger partial charge < -0.3 is 19.7 Å². The van der Waals surface area contributed by atoms with Crippen LogP contribution in [0.25, 0.3) is 0 Å². The Hall–Kier alpha value is -3.80. The molecule has 0 heterocycles. The van der Waals surface area contributed by atoms with E-state index in [0.717, 1.165) is 36.8 Å². The summed E-state index contributed by atoms with van der Waals surface area (Å²) in [5.41, 5.74) is 4.78. The third-order valence-corrected chi connectivity index (χ3v) is 5.48. The van der Waals surface area contributed by atoms with E-state index in [1.54, 1.807) is 24.3 Å². The molecule has 0 atom stereocenters. The van der Waals surface area contributed by atoms with E-state index in [0.29, 0.717) is 11.5 Å². The Morgan fingerprint density at radius 2 is 1.06 bits per heavy atom. The smallest absolute Gasteiger partial charge is 0.339 e. The molecular formula is C26H26O6. The van der Waals surface area contributed by atoms with E-state index in [9.17, 15) is 19.8 Å². The summed E-state index contributed by atoms with van der Waals surface area (Å²) in [6.45, 7) is 0. The highest BCUT2D eigenvalue weighted by molar-refractivity contribution is 5.91. The number of aromatic carboxylic acids is 2. The molecule has 0 saturated heterocycles. The monoisotopic (exact) mass is 434 g/mol. The first kappa shape index (κ1) is 22.9. The quantitative estimate of drug-likeness (QED) is 0.482. The van der Waals surface area contributed by atoms with Crippen molar-refractivity contribution < 1.29 is 29.3 Å². The van der Waals surface area contributed by atoms with Gasteiger partial charge in [0.05, 0.1) is 14.2 Å². The lowest BCUT2D eigenvalue weighted by molar-refractivity contribution is 0.0682. The van der Waals surface area contributed by atoms with E-state index >= 15 is 0 Å². The molecule has 0 bridgehead atoms. The third kappa shape index (κ3) is 5.46. The number of ether oxygens (including phenoxy) is 2. The fraction of sp³-hybridized carbons (Fsp3) is 0.231. The van der Waals surface area contributed by atoms with E-state index in [2.05, 4.69) is 12.1 Å². The van der Waals surface area contributed by atoms with Gasteiger partial charge in [0.15, 0.2) is 0 Å². The first-order valence-corrected chi connectivity index (χ1v) is 10.3. The topological polar surface area (TPSA) is 93.1 Å². The van der Waals surface area contributed by atoms with E-state index in [1.165, 1.54) is 25.3 Å². The van der Waals surface area contributed by atoms with Crippen LogP contribution in [0.2, 0.25) is 0 Å². The summed E-state index contributed by atoms with van der Waals surface area (Å²) < 4.78 is 10.4. The van der Waals surface area contributed by atoms with Crippen molar-refractivity contribution in [3.8, 4) is 11.5 Å². The maximum absolute atomic E-state index is 11.3. The summed E-state index contributed by atoms with van der Waals surface area (Å²) in [5, 5.41) is 18.5. The molecule has 0 amide bonds. The minimum absolute atomic E-state index is 0.154. The molecule has 0 aromatic heterocycles. The van der Waals surface area contributed by atoms with Crippen molar-refractivity contribution in [1.29, 1.82) is 0 Å². The minimum atomic E-state index is -1.01. The second-order valence-corrected chi connectivity index (χ2v) is 7.45. The Kier molecular flexibility index (Phi) is 7.49. The molecule has 3 aromatic carbocycles. The summed E-state index contributed by atoms with van der Waals surface area (Å²) in [6, 6.07) is 18.6. The predicted octanol–water partition coefficient (Wildman–Crippen LogP) is 4.67. The minimum Gasteiger partial charge on any atom is -0.496 e. The van der Waals surface area contributed by atoms with Crippen LogP contribution in [0, 0.1) is 0 Å². The zero-order chi connectivity index (χ0) is 23.1. The van der Waals surface area contributed by atoms with Gasteiger partial charge in [0.2, 0.25) is 0 Å². The van der Waals surface area contributed by atoms with E-state index in [-0.39, 0.29) is 11.1 Å². The molecule has 3 rings (SSSR count). The number of hydrogen-bond acceptors (Lipinski definition) is 4. The number of carboxylic acids is 2. The summed E-state index contributed by atoms with van der Waals surface area (Å²) in [5.74, 6) is -1.29. The SMILES string of the molecule is COc1cc(CCc2ccccc2CCc2ccc(C(=O)O)c(OC)c2)ccc1C(=O)O. The van der Waals surface area contributed by atoms with Gasteiger partial charge in [-0.15, -0.1) is 0 Å². The van der Waals surface area contributed by atoms with Gasteiger partial charge in [-0.1, -0.05) is 36.4 Å². The maximum Gasteiger partial charge on any atom is 0.339 e. The molecule has 0 unspecified atom stereocenters. The number of methoxy groups -OCH3 is 2. The highest BCUT2D eigenvalue weighted by Gasteiger charge is 2.13. The largest absolute Gasteiger partial charge is 0.496 e. The summed E-state index contributed by atoms with van der Waals surface area (Å²) in [4.78, 5) is 22.6. The first-order chi connectivity index (χ1) is 15.4. The van der Waals surface area contributed by atoms with Gasteiger partial charge in [-0.3, -0.25) is 0 Å². The Balaban J connectivity index is 1.70. The van der Waals surface area contributed by atoms with Crippen LogP contribution in [0.1, 0.15) is 43.0 Å². The van der Waals surface area contributed by atoms with Gasteiger partial charge in [0, 0.05) is 0 Å². The molecule has 32 heavy (non-hydrogen) atoms. The van der Waals surface area contributed by atoms with Crippen LogP contribution in [-0.2, 0) is 25.7 Å². The zero-order valence-electron chi connectivity index (χ0n) is 18.1. The number of hydrogen-bond donors (Lipinski definition) is 2. The van der Waals surface area contributed by atoms with Crippen molar-refractivity contribution in [2.24, 2.45) is 0 Å². The molecule has 0 radical (unpaired) electrons. The van der Waals surface area contributed by atoms with Gasteiger partial charge >= 0.3 is 11.9 Å². The van der Waals surface area contributed by atoms with Crippen molar-refractivity contribution in [2.45, 2.75) is 25.7 Å². The van der Waals surface area contributed by atoms with Crippen molar-refractivity contribution in [1.82, 2.24) is 0 Å². The second-order valence-electron chi connectivity index (χ2n) is 7.45. The molecule has 6 nitrogen and oxygen atoms in total. The highest BCUT2D eigenvalue weighted by Crippen LogP contribution is 2.24. The number of aryl methyl sites for hydroxylation is 4. The van der Waals surface area contributed by atoms with E-state index < -0.39 is 11.9 Å². The molecule has 2 N–H and O–H groups in total. The number of benzene rings is 3. The highest BCUT2D eigenvalue weighted by atomic mass is 16.5. The maximum atomic E-state index is 11.3. The van der Waals surface area contributed by atoms with Crippen LogP contribution >= 0.6 is 0 Å². The predicted molar refractivity (Wildman–Crippen MR) is 121 cm³/mol. The van der Waals surface area contributed by atoms with Crippen molar-refractivity contribution in [3.05, 3.63) is 94.0 Å². The van der Waals surface area contributed by atoms with Crippen molar-refractivity contribution in [2.75, 3.05) is 14.2 Å². The van der Waals surface area contributed by atoms with Crippen LogP contribution in [0.3, 0.4) is 0 Å². The molecule has 0 aliphatic rings. The second kappa shape index (κ2) is 10.5. The van der Waals surface area contributed by atoms with Gasteiger partial charge in [-0.05, 0) is 72.2 Å². The van der Waals surface area contributed by atoms with Gasteiger partial charge in [0.25, 0.3) is 0 Å². The molecule has 0 spiro atoms. The molecular weight excluding hydrogens is 408 g/mol. The Labute approximate surface area is 187 Å². The van der Waals surface area contributed by atoms with Gasteiger partial charge in [-0.2, -0.15) is 0 Å². The van der Waals surface area contributed by atoms with Gasteiger partial charge in [0.1, 0.15) is 22.6 Å². The third-order valence-electron chi connectivity index (χ3n) is 5.48. The van der Waals surface area contributed by atoms with E-state index in [4.69, 9.17) is 9.47 Å². The summed E-state index contributed by atoms with van der Waals surface area (Å²) in [6.07, 6.45) is 3.14. The molecule has 0 aliphatic heterocycles. The van der Waals surface area contributed by atoms with Crippen LogP contribution in [0.4, 0.5) is 0 Å². The van der Waals surface area contributed by atoms with Crippen molar-refractivity contribution >= 4 is 11.9 Å². The molecule has 3 aromatic rings. The molecule has 6 heteroatoms. The number of carbonyl (C=O) groups is 2. The standard InChI is InChI=1S/C26H26O6/c1-31-23-15-17(9-13-21(23)25(27)28)7-11-19-5-3-4-6-20(19)12-8-18-10-14-22(26(29)30)24(16-18)32-2/h3-6,9-10,13-16H,7-8,11-12H2,1-2H3,(H,27,28)(H,29,30). The number of rotatable bonds is 10. The lowest BCUT2D eigenvalue weighted by atomic mass is 9.95. The first-order valence-electron chi connectivity index (χ1n) is 10.3. The molecule has 0 saturated carbocycles. The summed E-state index contributed by atoms with van der Waals surface area (Å²) in [7, 11) is 2.94. The lowest BCUT2D eigenvalue weighted by Gasteiger charge is -2.12. The van der Waals surface area contributed by atoms with Crippen molar-refractivity contribution in [3.63, 3.8) is 0 Å². The lowest BCUT2D eigenvalue weighted by Crippen LogP contribution is -2.03. The van der Waals surface area contributed by atoms with Crippen LogP contribution in [-0.4, -0.2) is 36.4 Å². The molecule has 166 valence electrons. The normalized spacial score (nSPS) is 10.6. The molecule has 0 fully saturated rings.